The smallest absolute Gasteiger partial charge is 0.255 e. The monoisotopic (exact) mass is 565 g/mol. The standard InChI is InChI=1S/C30H32FN3O5S/c1-3-4-7-16-33-40(36,37)18-25-22(19-10-11-19)17-23-27(29(35)32-2)28(39-30(23)34-25)20-12-14-21(15-13-20)38-26-9-6-5-8-24(26)31/h5-6,8-9,12-15,17,19,33H,3-4,7,10-11,16,18H2,1-2H3,(H,32,35). The van der Waals surface area contributed by atoms with Gasteiger partial charge in [0.25, 0.3) is 5.91 Å². The molecule has 0 unspecified atom stereocenters. The number of sulfonamides is 1. The molecule has 40 heavy (non-hydrogen) atoms. The third kappa shape index (κ3) is 6.18. The molecule has 1 fully saturated rings. The van der Waals surface area contributed by atoms with E-state index in [0.717, 1.165) is 37.7 Å². The molecule has 2 N–H and O–H groups in total. The lowest BCUT2D eigenvalue weighted by Crippen LogP contribution is -2.27. The SMILES string of the molecule is CCCCCNS(=O)(=O)Cc1nc2oc(-c3ccc(Oc4ccccc4F)cc3)c(C(=O)NC)c2cc1C1CC1. The molecule has 8 nitrogen and oxygen atoms in total. The molecule has 0 spiro atoms. The molecular formula is C30H32FN3O5S. The molecule has 210 valence electrons. The molecule has 0 aliphatic heterocycles. The van der Waals surface area contributed by atoms with Crippen LogP contribution in [0.4, 0.5) is 4.39 Å². The number of hydrogen-bond acceptors (Lipinski definition) is 6. The minimum Gasteiger partial charge on any atom is -0.454 e. The third-order valence-electron chi connectivity index (χ3n) is 6.88. The molecule has 2 heterocycles. The Hall–Kier alpha value is -3.76. The average molecular weight is 566 g/mol. The number of nitrogens with one attached hydrogen (secondary N) is 2. The maximum absolute atomic E-state index is 14.0. The number of unbranched alkanes of at least 4 members (excludes halogenated alkanes) is 2. The summed E-state index contributed by atoms with van der Waals surface area (Å²) < 4.78 is 54.1. The van der Waals surface area contributed by atoms with Crippen LogP contribution in [0.15, 0.2) is 59.0 Å². The van der Waals surface area contributed by atoms with Gasteiger partial charge in [-0.05, 0) is 73.2 Å². The zero-order chi connectivity index (χ0) is 28.3. The number of carbonyl (C=O) groups excluding carboxylic acids is 1. The van der Waals surface area contributed by atoms with Gasteiger partial charge in [-0.2, -0.15) is 0 Å². The summed E-state index contributed by atoms with van der Waals surface area (Å²) in [5, 5.41) is 3.20. The molecule has 0 saturated heterocycles. The Balaban J connectivity index is 1.50. The van der Waals surface area contributed by atoms with E-state index >= 15 is 0 Å². The number of ether oxygens (including phenoxy) is 1. The van der Waals surface area contributed by atoms with Crippen molar-refractivity contribution in [1.82, 2.24) is 15.0 Å². The molecule has 1 amide bonds. The highest BCUT2D eigenvalue weighted by atomic mass is 32.2. The molecular weight excluding hydrogens is 533 g/mol. The fourth-order valence-electron chi connectivity index (χ4n) is 4.65. The second kappa shape index (κ2) is 11.8. The van der Waals surface area contributed by atoms with Gasteiger partial charge in [-0.15, -0.1) is 0 Å². The van der Waals surface area contributed by atoms with Crippen molar-refractivity contribution in [1.29, 1.82) is 0 Å². The fraction of sp³-hybridized carbons (Fsp3) is 0.333. The van der Waals surface area contributed by atoms with Crippen LogP contribution in [-0.2, 0) is 15.8 Å². The highest BCUT2D eigenvalue weighted by Crippen LogP contribution is 2.44. The van der Waals surface area contributed by atoms with Gasteiger partial charge in [0.2, 0.25) is 15.7 Å². The van der Waals surface area contributed by atoms with Gasteiger partial charge in [-0.25, -0.2) is 22.5 Å². The Morgan fingerprint density at radius 1 is 1.12 bits per heavy atom. The maximum atomic E-state index is 14.0. The number of amides is 1. The third-order valence-corrected chi connectivity index (χ3v) is 8.17. The number of pyridine rings is 1. The van der Waals surface area contributed by atoms with E-state index in [4.69, 9.17) is 9.15 Å². The lowest BCUT2D eigenvalue weighted by atomic mass is 10.0. The average Bonchev–Trinajstić information content (AvgIpc) is 3.72. The predicted octanol–water partition coefficient (Wildman–Crippen LogP) is 6.27. The normalized spacial score (nSPS) is 13.5. The van der Waals surface area contributed by atoms with E-state index in [1.807, 2.05) is 6.07 Å². The summed E-state index contributed by atoms with van der Waals surface area (Å²) in [7, 11) is -2.06. The van der Waals surface area contributed by atoms with E-state index in [0.29, 0.717) is 40.3 Å². The van der Waals surface area contributed by atoms with Crippen molar-refractivity contribution in [3.63, 3.8) is 0 Å². The van der Waals surface area contributed by atoms with Crippen molar-refractivity contribution in [2.45, 2.75) is 50.7 Å². The Bertz CT molecular complexity index is 1630. The summed E-state index contributed by atoms with van der Waals surface area (Å²) in [6.07, 6.45) is 4.61. The van der Waals surface area contributed by atoms with Crippen molar-refractivity contribution in [2.24, 2.45) is 0 Å². The van der Waals surface area contributed by atoms with Crippen molar-refractivity contribution in [2.75, 3.05) is 13.6 Å². The zero-order valence-electron chi connectivity index (χ0n) is 22.5. The number of benzene rings is 2. The Labute approximate surface area is 233 Å². The van der Waals surface area contributed by atoms with Crippen molar-refractivity contribution >= 4 is 27.0 Å². The summed E-state index contributed by atoms with van der Waals surface area (Å²) in [5.74, 6) is -0.0523. The molecule has 2 aromatic carbocycles. The number of halogens is 1. The maximum Gasteiger partial charge on any atom is 0.255 e. The summed E-state index contributed by atoms with van der Waals surface area (Å²) in [6.45, 7) is 2.45. The van der Waals surface area contributed by atoms with Crippen LogP contribution >= 0.6 is 0 Å². The second-order valence-corrected chi connectivity index (χ2v) is 11.8. The van der Waals surface area contributed by atoms with Crippen LogP contribution in [0.5, 0.6) is 11.5 Å². The number of aromatic nitrogens is 1. The molecule has 0 radical (unpaired) electrons. The van der Waals surface area contributed by atoms with Crippen LogP contribution in [0.2, 0.25) is 0 Å². The minimum absolute atomic E-state index is 0.101. The first kappa shape index (κ1) is 27.8. The van der Waals surface area contributed by atoms with Crippen molar-refractivity contribution in [3.05, 3.63) is 77.2 Å². The molecule has 1 aliphatic rings. The van der Waals surface area contributed by atoms with E-state index in [1.54, 1.807) is 36.4 Å². The Kier molecular flexibility index (Phi) is 8.18. The lowest BCUT2D eigenvalue weighted by molar-refractivity contribution is 0.0964. The number of furan rings is 1. The van der Waals surface area contributed by atoms with Gasteiger partial charge < -0.3 is 14.5 Å². The van der Waals surface area contributed by atoms with Crippen molar-refractivity contribution < 1.29 is 26.8 Å². The van der Waals surface area contributed by atoms with Gasteiger partial charge in [0.15, 0.2) is 11.6 Å². The molecule has 10 heteroatoms. The van der Waals surface area contributed by atoms with E-state index in [1.165, 1.54) is 19.2 Å². The largest absolute Gasteiger partial charge is 0.454 e. The van der Waals surface area contributed by atoms with Crippen LogP contribution in [0, 0.1) is 5.82 Å². The van der Waals surface area contributed by atoms with Crippen LogP contribution in [0.1, 0.15) is 66.6 Å². The fourth-order valence-corrected chi connectivity index (χ4v) is 5.80. The first-order valence-electron chi connectivity index (χ1n) is 13.5. The second-order valence-electron chi connectivity index (χ2n) is 9.95. The molecule has 2 aromatic heterocycles. The van der Waals surface area contributed by atoms with Gasteiger partial charge in [0.1, 0.15) is 17.3 Å². The zero-order valence-corrected chi connectivity index (χ0v) is 23.3. The molecule has 0 bridgehead atoms. The number of fused-ring (bicyclic) bond motifs is 1. The minimum atomic E-state index is -3.60. The van der Waals surface area contributed by atoms with Crippen molar-refractivity contribution in [3.8, 4) is 22.8 Å². The van der Waals surface area contributed by atoms with Crippen LogP contribution in [0.25, 0.3) is 22.4 Å². The summed E-state index contributed by atoms with van der Waals surface area (Å²) in [6, 6.07) is 14.7. The number of para-hydroxylation sites is 1. The van der Waals surface area contributed by atoms with Gasteiger partial charge in [0.05, 0.1) is 16.6 Å². The van der Waals surface area contributed by atoms with Gasteiger partial charge in [-0.3, -0.25) is 4.79 Å². The van der Waals surface area contributed by atoms with Crippen LogP contribution in [-0.4, -0.2) is 32.9 Å². The van der Waals surface area contributed by atoms with Gasteiger partial charge >= 0.3 is 0 Å². The highest BCUT2D eigenvalue weighted by Gasteiger charge is 2.31. The van der Waals surface area contributed by atoms with Crippen LogP contribution < -0.4 is 14.8 Å². The van der Waals surface area contributed by atoms with E-state index in [9.17, 15) is 17.6 Å². The number of hydrogen-bond donors (Lipinski definition) is 2. The van der Waals surface area contributed by atoms with E-state index in [2.05, 4.69) is 21.9 Å². The predicted molar refractivity (Wildman–Crippen MR) is 151 cm³/mol. The van der Waals surface area contributed by atoms with Gasteiger partial charge in [-0.1, -0.05) is 31.9 Å². The molecule has 4 aromatic rings. The number of rotatable bonds is 12. The topological polar surface area (TPSA) is 111 Å². The first-order chi connectivity index (χ1) is 19.3. The summed E-state index contributed by atoms with van der Waals surface area (Å²) in [4.78, 5) is 17.7. The quantitative estimate of drug-likeness (QED) is 0.196. The van der Waals surface area contributed by atoms with E-state index < -0.39 is 15.8 Å². The molecule has 5 rings (SSSR count). The highest BCUT2D eigenvalue weighted by molar-refractivity contribution is 7.88. The number of carbonyl (C=O) groups is 1. The van der Waals surface area contributed by atoms with E-state index in [-0.39, 0.29) is 29.0 Å². The summed E-state index contributed by atoms with van der Waals surface area (Å²) >= 11 is 0. The molecule has 1 saturated carbocycles. The Morgan fingerprint density at radius 2 is 1.88 bits per heavy atom. The molecule has 1 aliphatic carbocycles. The van der Waals surface area contributed by atoms with Crippen LogP contribution in [0.3, 0.4) is 0 Å². The Morgan fingerprint density at radius 3 is 2.55 bits per heavy atom. The first-order valence-corrected chi connectivity index (χ1v) is 15.1. The van der Waals surface area contributed by atoms with Gasteiger partial charge in [0, 0.05) is 19.2 Å². The number of nitrogens with zero attached hydrogens (tertiary/aromatic N) is 1. The molecule has 0 atom stereocenters. The lowest BCUT2D eigenvalue weighted by Gasteiger charge is -2.10. The summed E-state index contributed by atoms with van der Waals surface area (Å²) in [5.41, 5.74) is 2.38.